The third kappa shape index (κ3) is 4.44. The lowest BCUT2D eigenvalue weighted by atomic mass is 9.99. The van der Waals surface area contributed by atoms with Crippen molar-refractivity contribution in [3.8, 4) is 0 Å². The summed E-state index contributed by atoms with van der Waals surface area (Å²) in [7, 11) is 0. The lowest BCUT2D eigenvalue weighted by molar-refractivity contribution is 0.0734. The molecule has 1 saturated heterocycles. The number of aryl methyl sites for hydroxylation is 2. The summed E-state index contributed by atoms with van der Waals surface area (Å²) in [6, 6.07) is 13.6. The molecule has 0 aromatic heterocycles. The van der Waals surface area contributed by atoms with Gasteiger partial charge in [0.1, 0.15) is 0 Å². The Morgan fingerprint density at radius 2 is 1.61 bits per heavy atom. The van der Waals surface area contributed by atoms with E-state index in [1.807, 2.05) is 25.7 Å². The second-order valence-corrected chi connectivity index (χ2v) is 8.78. The molecule has 148 valence electrons. The molecule has 2 amide bonds. The number of carbonyl (C=O) groups excluding carboxylic acids is 2. The van der Waals surface area contributed by atoms with Gasteiger partial charge in [-0.2, -0.15) is 0 Å². The molecule has 1 aliphatic rings. The Balaban J connectivity index is 1.77. The van der Waals surface area contributed by atoms with Gasteiger partial charge in [-0.25, -0.2) is 0 Å². The lowest BCUT2D eigenvalue weighted by Gasteiger charge is -2.26. The van der Waals surface area contributed by atoms with Crippen LogP contribution < -0.4 is 5.32 Å². The summed E-state index contributed by atoms with van der Waals surface area (Å²) in [4.78, 5) is 27.4. The van der Waals surface area contributed by atoms with E-state index in [4.69, 9.17) is 0 Å². The molecule has 0 aliphatic carbocycles. The van der Waals surface area contributed by atoms with Crippen molar-refractivity contribution in [2.24, 2.45) is 0 Å². The zero-order valence-electron chi connectivity index (χ0n) is 17.5. The van der Waals surface area contributed by atoms with Gasteiger partial charge >= 0.3 is 0 Å². The third-order valence-corrected chi connectivity index (χ3v) is 5.31. The van der Waals surface area contributed by atoms with Crippen LogP contribution in [0.2, 0.25) is 0 Å². The van der Waals surface area contributed by atoms with Crippen LogP contribution in [-0.2, 0) is 0 Å². The number of benzene rings is 2. The Morgan fingerprint density at radius 3 is 2.21 bits per heavy atom. The van der Waals surface area contributed by atoms with Crippen LogP contribution in [0.4, 0.5) is 0 Å². The standard InChI is InChI=1S/C24H30N2O2/c1-16-8-9-20(15-17(16)2)21-7-6-14-26(21)23(28)19-12-10-18(11-13-19)22(27)25-24(3,4)5/h8-13,15,21H,6-7,14H2,1-5H3,(H,25,27)/t21-/m1/s1. The number of nitrogens with one attached hydrogen (secondary N) is 1. The molecule has 0 saturated carbocycles. The molecule has 28 heavy (non-hydrogen) atoms. The quantitative estimate of drug-likeness (QED) is 0.833. The van der Waals surface area contributed by atoms with Crippen LogP contribution in [-0.4, -0.2) is 28.8 Å². The first kappa shape index (κ1) is 20.1. The largest absolute Gasteiger partial charge is 0.347 e. The van der Waals surface area contributed by atoms with E-state index in [-0.39, 0.29) is 23.4 Å². The fourth-order valence-corrected chi connectivity index (χ4v) is 3.67. The van der Waals surface area contributed by atoms with Gasteiger partial charge in [-0.15, -0.1) is 0 Å². The van der Waals surface area contributed by atoms with Crippen molar-refractivity contribution in [2.75, 3.05) is 6.54 Å². The molecule has 0 unspecified atom stereocenters. The van der Waals surface area contributed by atoms with Crippen LogP contribution in [0.5, 0.6) is 0 Å². The smallest absolute Gasteiger partial charge is 0.254 e. The number of carbonyl (C=O) groups is 2. The van der Waals surface area contributed by atoms with E-state index in [0.717, 1.165) is 19.4 Å². The highest BCUT2D eigenvalue weighted by Crippen LogP contribution is 2.34. The van der Waals surface area contributed by atoms with Gasteiger partial charge in [0.05, 0.1) is 6.04 Å². The van der Waals surface area contributed by atoms with Gasteiger partial charge in [0.25, 0.3) is 11.8 Å². The number of hydrogen-bond donors (Lipinski definition) is 1. The van der Waals surface area contributed by atoms with Crippen LogP contribution in [0.1, 0.15) is 77.1 Å². The third-order valence-electron chi connectivity index (χ3n) is 5.31. The average Bonchev–Trinajstić information content (AvgIpc) is 3.12. The van der Waals surface area contributed by atoms with Crippen LogP contribution in [0.3, 0.4) is 0 Å². The van der Waals surface area contributed by atoms with Gasteiger partial charge in [-0.3, -0.25) is 9.59 Å². The Hall–Kier alpha value is -2.62. The average molecular weight is 379 g/mol. The van der Waals surface area contributed by atoms with Gasteiger partial charge in [0.15, 0.2) is 0 Å². The molecule has 3 rings (SSSR count). The number of hydrogen-bond acceptors (Lipinski definition) is 2. The minimum Gasteiger partial charge on any atom is -0.347 e. The first-order chi connectivity index (χ1) is 13.2. The second kappa shape index (κ2) is 7.78. The fourth-order valence-electron chi connectivity index (χ4n) is 3.67. The molecule has 1 aliphatic heterocycles. The van der Waals surface area contributed by atoms with E-state index in [9.17, 15) is 9.59 Å². The highest BCUT2D eigenvalue weighted by atomic mass is 16.2. The van der Waals surface area contributed by atoms with Crippen molar-refractivity contribution >= 4 is 11.8 Å². The zero-order chi connectivity index (χ0) is 20.5. The second-order valence-electron chi connectivity index (χ2n) is 8.78. The van der Waals surface area contributed by atoms with Crippen molar-refractivity contribution in [1.29, 1.82) is 0 Å². The predicted octanol–water partition coefficient (Wildman–Crippen LogP) is 4.81. The maximum Gasteiger partial charge on any atom is 0.254 e. The van der Waals surface area contributed by atoms with Gasteiger partial charge in [-0.05, 0) is 88.4 Å². The first-order valence-electron chi connectivity index (χ1n) is 9.96. The Bertz CT molecular complexity index is 878. The molecule has 0 spiro atoms. The number of amides is 2. The van der Waals surface area contributed by atoms with Crippen molar-refractivity contribution in [2.45, 2.75) is 59.0 Å². The zero-order valence-corrected chi connectivity index (χ0v) is 17.5. The number of rotatable bonds is 3. The van der Waals surface area contributed by atoms with Crippen LogP contribution in [0, 0.1) is 13.8 Å². The monoisotopic (exact) mass is 378 g/mol. The van der Waals surface area contributed by atoms with E-state index in [1.54, 1.807) is 24.3 Å². The minimum atomic E-state index is -0.291. The van der Waals surface area contributed by atoms with Crippen molar-refractivity contribution in [3.63, 3.8) is 0 Å². The fraction of sp³-hybridized carbons (Fsp3) is 0.417. The van der Waals surface area contributed by atoms with Crippen molar-refractivity contribution in [1.82, 2.24) is 10.2 Å². The maximum atomic E-state index is 13.1. The molecule has 1 heterocycles. The normalized spacial score (nSPS) is 16.9. The molecule has 0 bridgehead atoms. The van der Waals surface area contributed by atoms with E-state index >= 15 is 0 Å². The van der Waals surface area contributed by atoms with E-state index in [0.29, 0.717) is 11.1 Å². The lowest BCUT2D eigenvalue weighted by Crippen LogP contribution is -2.40. The van der Waals surface area contributed by atoms with Crippen molar-refractivity contribution < 1.29 is 9.59 Å². The molecule has 1 fully saturated rings. The van der Waals surface area contributed by atoms with E-state index < -0.39 is 0 Å². The van der Waals surface area contributed by atoms with Crippen LogP contribution in [0.25, 0.3) is 0 Å². The highest BCUT2D eigenvalue weighted by Gasteiger charge is 2.30. The van der Waals surface area contributed by atoms with Crippen LogP contribution >= 0.6 is 0 Å². The van der Waals surface area contributed by atoms with E-state index in [2.05, 4.69) is 37.4 Å². The van der Waals surface area contributed by atoms with Gasteiger partial charge in [0, 0.05) is 23.2 Å². The molecular weight excluding hydrogens is 348 g/mol. The molecule has 1 atom stereocenters. The van der Waals surface area contributed by atoms with Crippen LogP contribution in [0.15, 0.2) is 42.5 Å². The highest BCUT2D eigenvalue weighted by molar-refractivity contribution is 5.98. The van der Waals surface area contributed by atoms with Gasteiger partial charge in [-0.1, -0.05) is 18.2 Å². The summed E-state index contributed by atoms with van der Waals surface area (Å²) in [5.41, 5.74) is 4.63. The predicted molar refractivity (Wildman–Crippen MR) is 113 cm³/mol. The minimum absolute atomic E-state index is 0.0310. The molecule has 4 nitrogen and oxygen atoms in total. The Labute approximate surface area is 167 Å². The van der Waals surface area contributed by atoms with E-state index in [1.165, 1.54) is 16.7 Å². The Kier molecular flexibility index (Phi) is 5.59. The van der Waals surface area contributed by atoms with Gasteiger partial charge < -0.3 is 10.2 Å². The summed E-state index contributed by atoms with van der Waals surface area (Å²) >= 11 is 0. The molecule has 2 aromatic carbocycles. The molecular formula is C24H30N2O2. The Morgan fingerprint density at radius 1 is 0.964 bits per heavy atom. The maximum absolute atomic E-state index is 13.1. The summed E-state index contributed by atoms with van der Waals surface area (Å²) in [5, 5.41) is 2.94. The molecule has 0 radical (unpaired) electrons. The molecule has 2 aromatic rings. The summed E-state index contributed by atoms with van der Waals surface area (Å²) < 4.78 is 0. The summed E-state index contributed by atoms with van der Waals surface area (Å²) in [6.07, 6.45) is 2.00. The summed E-state index contributed by atoms with van der Waals surface area (Å²) in [5.74, 6) is -0.0933. The summed E-state index contributed by atoms with van der Waals surface area (Å²) in [6.45, 7) is 10.8. The number of nitrogens with zero attached hydrogens (tertiary/aromatic N) is 1. The van der Waals surface area contributed by atoms with Crippen molar-refractivity contribution in [3.05, 3.63) is 70.3 Å². The molecule has 1 N–H and O–H groups in total. The topological polar surface area (TPSA) is 49.4 Å². The number of likely N-dealkylation sites (tertiary alicyclic amines) is 1. The SMILES string of the molecule is Cc1ccc([C@H]2CCCN2C(=O)c2ccc(C(=O)NC(C)(C)C)cc2)cc1C. The van der Waals surface area contributed by atoms with Gasteiger partial charge in [0.2, 0.25) is 0 Å². The molecule has 4 heteroatoms. The first-order valence-corrected chi connectivity index (χ1v) is 9.96.